The minimum Gasteiger partial charge on any atom is -0.494 e. The normalized spacial score (nSPS) is 11.8. The van der Waals surface area contributed by atoms with Crippen LogP contribution in [0.25, 0.3) is 11.1 Å². The average Bonchev–Trinajstić information content (AvgIpc) is 3.52. The molecule has 0 radical (unpaired) electrons. The van der Waals surface area contributed by atoms with E-state index in [2.05, 4.69) is 26.0 Å². The summed E-state index contributed by atoms with van der Waals surface area (Å²) in [6, 6.07) is 16.9. The molecular weight excluding hydrogens is 552 g/mol. The van der Waals surface area contributed by atoms with Gasteiger partial charge >= 0.3 is 5.97 Å². The fourth-order valence-electron chi connectivity index (χ4n) is 5.20. The van der Waals surface area contributed by atoms with Crippen LogP contribution in [-0.2, 0) is 4.74 Å². The van der Waals surface area contributed by atoms with E-state index in [4.69, 9.17) is 9.47 Å². The Kier molecular flexibility index (Phi) is 16.2. The zero-order valence-corrected chi connectivity index (χ0v) is 27.5. The Morgan fingerprint density at radius 1 is 0.674 bits per heavy atom. The van der Waals surface area contributed by atoms with E-state index in [0.29, 0.717) is 16.0 Å². The summed E-state index contributed by atoms with van der Waals surface area (Å²) in [6.07, 6.45) is 18.6. The first-order valence-electron chi connectivity index (χ1n) is 16.7. The van der Waals surface area contributed by atoms with Gasteiger partial charge in [0.2, 0.25) is 5.78 Å². The first kappa shape index (κ1) is 34.6. The average molecular weight is 605 g/mol. The first-order valence-corrected chi connectivity index (χ1v) is 17.6. The van der Waals surface area contributed by atoms with Crippen LogP contribution in [0.15, 0.2) is 60.0 Å². The zero-order chi connectivity index (χ0) is 30.7. The highest BCUT2D eigenvalue weighted by molar-refractivity contribution is 7.12. The molecule has 0 saturated carbocycles. The predicted molar refractivity (Wildman–Crippen MR) is 181 cm³/mol. The summed E-state index contributed by atoms with van der Waals surface area (Å²) in [7, 11) is 0. The van der Waals surface area contributed by atoms with E-state index >= 15 is 0 Å². The van der Waals surface area contributed by atoms with Crippen LogP contribution >= 0.6 is 11.3 Å². The van der Waals surface area contributed by atoms with Gasteiger partial charge in [-0.1, -0.05) is 115 Å². The van der Waals surface area contributed by atoms with E-state index in [1.54, 1.807) is 24.3 Å². The Labute approximate surface area is 264 Å². The highest BCUT2D eigenvalue weighted by Gasteiger charge is 2.16. The molecule has 0 amide bonds. The number of hydrogen-bond acceptors (Lipinski definition) is 5. The van der Waals surface area contributed by atoms with Crippen LogP contribution in [0.2, 0.25) is 0 Å². The SMILES string of the molecule is CCCCCCCCCCCCOc1ccc(-c2csc(C(=O)c3ccc(C(=O)O[C@@H](C)CCCCCC)cc3)c2)cc1. The van der Waals surface area contributed by atoms with E-state index in [1.807, 2.05) is 30.5 Å². The Morgan fingerprint density at radius 2 is 1.23 bits per heavy atom. The number of thiophene rings is 1. The maximum atomic E-state index is 13.1. The Morgan fingerprint density at radius 3 is 1.86 bits per heavy atom. The fourth-order valence-corrected chi connectivity index (χ4v) is 6.08. The number of benzene rings is 2. The van der Waals surface area contributed by atoms with Crippen LogP contribution in [0.1, 0.15) is 143 Å². The van der Waals surface area contributed by atoms with Crippen molar-refractivity contribution >= 4 is 23.1 Å². The first-order chi connectivity index (χ1) is 21.0. The monoisotopic (exact) mass is 604 g/mol. The van der Waals surface area contributed by atoms with Crippen LogP contribution in [-0.4, -0.2) is 24.5 Å². The molecule has 0 bridgehead atoms. The van der Waals surface area contributed by atoms with Gasteiger partial charge in [0.25, 0.3) is 0 Å². The molecule has 3 rings (SSSR count). The molecule has 0 N–H and O–H groups in total. The number of hydrogen-bond donors (Lipinski definition) is 0. The van der Waals surface area contributed by atoms with Crippen molar-refractivity contribution in [2.24, 2.45) is 0 Å². The van der Waals surface area contributed by atoms with Crippen molar-refractivity contribution in [2.45, 2.75) is 123 Å². The summed E-state index contributed by atoms with van der Waals surface area (Å²) in [5.41, 5.74) is 3.11. The Balaban J connectivity index is 1.40. The molecule has 0 aliphatic heterocycles. The van der Waals surface area contributed by atoms with Gasteiger partial charge in [-0.15, -0.1) is 11.3 Å². The summed E-state index contributed by atoms with van der Waals surface area (Å²) < 4.78 is 11.5. The van der Waals surface area contributed by atoms with Gasteiger partial charge < -0.3 is 9.47 Å². The third-order valence-corrected chi connectivity index (χ3v) is 8.86. The molecule has 43 heavy (non-hydrogen) atoms. The van der Waals surface area contributed by atoms with Gasteiger partial charge in [-0.25, -0.2) is 4.79 Å². The summed E-state index contributed by atoms with van der Waals surface area (Å²) >= 11 is 1.44. The molecule has 0 aliphatic rings. The van der Waals surface area contributed by atoms with E-state index in [-0.39, 0.29) is 17.9 Å². The Bertz CT molecular complexity index is 1200. The molecule has 1 heterocycles. The minimum atomic E-state index is -0.337. The maximum absolute atomic E-state index is 13.1. The van der Waals surface area contributed by atoms with Crippen LogP contribution in [0.5, 0.6) is 5.75 Å². The van der Waals surface area contributed by atoms with Gasteiger partial charge in [0.05, 0.1) is 23.2 Å². The molecule has 0 saturated heterocycles. The Hall–Kier alpha value is -2.92. The van der Waals surface area contributed by atoms with E-state index in [1.165, 1.54) is 88.4 Å². The lowest BCUT2D eigenvalue weighted by Crippen LogP contribution is -2.15. The summed E-state index contributed by atoms with van der Waals surface area (Å²) in [4.78, 5) is 26.3. The van der Waals surface area contributed by atoms with Gasteiger partial charge in [0, 0.05) is 5.56 Å². The number of ketones is 1. The van der Waals surface area contributed by atoms with Crippen molar-refractivity contribution in [3.05, 3.63) is 76.0 Å². The van der Waals surface area contributed by atoms with E-state index in [9.17, 15) is 9.59 Å². The van der Waals surface area contributed by atoms with Crippen LogP contribution in [0.3, 0.4) is 0 Å². The van der Waals surface area contributed by atoms with Gasteiger partial charge in [0.1, 0.15) is 5.75 Å². The lowest BCUT2D eigenvalue weighted by Gasteiger charge is -2.13. The smallest absolute Gasteiger partial charge is 0.338 e. The molecule has 0 aliphatic carbocycles. The van der Waals surface area contributed by atoms with Crippen molar-refractivity contribution in [1.29, 1.82) is 0 Å². The van der Waals surface area contributed by atoms with E-state index in [0.717, 1.165) is 42.7 Å². The van der Waals surface area contributed by atoms with Crippen LogP contribution < -0.4 is 4.74 Å². The molecule has 0 spiro atoms. The molecule has 0 fully saturated rings. The van der Waals surface area contributed by atoms with Crippen LogP contribution in [0.4, 0.5) is 0 Å². The molecule has 0 unspecified atom stereocenters. The molecule has 2 aromatic carbocycles. The summed E-state index contributed by atoms with van der Waals surface area (Å²) in [6.45, 7) is 7.14. The molecule has 234 valence electrons. The van der Waals surface area contributed by atoms with E-state index < -0.39 is 0 Å². The van der Waals surface area contributed by atoms with Crippen molar-refractivity contribution in [1.82, 2.24) is 0 Å². The highest BCUT2D eigenvalue weighted by atomic mass is 32.1. The van der Waals surface area contributed by atoms with Crippen molar-refractivity contribution in [3.8, 4) is 16.9 Å². The van der Waals surface area contributed by atoms with Gasteiger partial charge in [0.15, 0.2) is 0 Å². The number of esters is 1. The highest BCUT2D eigenvalue weighted by Crippen LogP contribution is 2.29. The standard InChI is InChI=1S/C38H52O4S/c1-4-6-8-10-11-12-13-14-15-17-27-41-35-25-23-31(24-26-35)34-28-36(43-29-34)37(39)32-19-21-33(22-20-32)38(40)42-30(3)18-16-9-7-5-2/h19-26,28-30H,4-18,27H2,1-3H3/t30-/m0/s1. The van der Waals surface area contributed by atoms with Gasteiger partial charge in [-0.2, -0.15) is 0 Å². The number of rotatable bonds is 22. The molecule has 1 atom stereocenters. The molecule has 5 heteroatoms. The second-order valence-electron chi connectivity index (χ2n) is 11.7. The van der Waals surface area contributed by atoms with Crippen molar-refractivity contribution < 1.29 is 19.1 Å². The van der Waals surface area contributed by atoms with Crippen molar-refractivity contribution in [3.63, 3.8) is 0 Å². The largest absolute Gasteiger partial charge is 0.494 e. The van der Waals surface area contributed by atoms with Crippen LogP contribution in [0, 0.1) is 0 Å². The second-order valence-corrected chi connectivity index (χ2v) is 12.6. The molecule has 1 aromatic heterocycles. The lowest BCUT2D eigenvalue weighted by molar-refractivity contribution is 0.0319. The number of ether oxygens (including phenoxy) is 2. The zero-order valence-electron chi connectivity index (χ0n) is 26.7. The third kappa shape index (κ3) is 12.7. The maximum Gasteiger partial charge on any atom is 0.338 e. The summed E-state index contributed by atoms with van der Waals surface area (Å²) in [5, 5.41) is 2.01. The number of carbonyl (C=O) groups is 2. The lowest BCUT2D eigenvalue weighted by atomic mass is 10.0. The quantitative estimate of drug-likeness (QED) is 0.0650. The van der Waals surface area contributed by atoms with Gasteiger partial charge in [-0.05, 0) is 73.0 Å². The fraction of sp³-hybridized carbons (Fsp3) is 0.526. The topological polar surface area (TPSA) is 52.6 Å². The summed E-state index contributed by atoms with van der Waals surface area (Å²) in [5.74, 6) is 0.504. The second kappa shape index (κ2) is 20.1. The third-order valence-electron chi connectivity index (χ3n) is 7.93. The number of unbranched alkanes of at least 4 members (excludes halogenated alkanes) is 12. The molecule has 3 aromatic rings. The minimum absolute atomic E-state index is 0.0445. The molecular formula is C38H52O4S. The molecule has 4 nitrogen and oxygen atoms in total. The van der Waals surface area contributed by atoms with Crippen molar-refractivity contribution in [2.75, 3.05) is 6.61 Å². The van der Waals surface area contributed by atoms with Gasteiger partial charge in [-0.3, -0.25) is 4.79 Å². The number of carbonyl (C=O) groups excluding carboxylic acids is 2. The predicted octanol–water partition coefficient (Wildman–Crippen LogP) is 11.5.